The number of H-pyrrole nitrogens is 1. The lowest BCUT2D eigenvalue weighted by molar-refractivity contribution is -0.917. The van der Waals surface area contributed by atoms with Crippen LogP contribution in [-0.2, 0) is 17.9 Å². The average Bonchev–Trinajstić information content (AvgIpc) is 3.52. The topological polar surface area (TPSA) is 99.5 Å². The summed E-state index contributed by atoms with van der Waals surface area (Å²) in [5.41, 5.74) is 1.54. The molecule has 1 saturated heterocycles. The summed E-state index contributed by atoms with van der Waals surface area (Å²) in [6, 6.07) is 9.42. The van der Waals surface area contributed by atoms with Crippen LogP contribution in [0.25, 0.3) is 10.9 Å². The molecule has 2 N–H and O–H groups in total. The van der Waals surface area contributed by atoms with E-state index in [0.717, 1.165) is 31.1 Å². The van der Waals surface area contributed by atoms with Gasteiger partial charge in [0.05, 0.1) is 37.1 Å². The Morgan fingerprint density at radius 3 is 2.43 bits per heavy atom. The smallest absolute Gasteiger partial charge is 0.262 e. The fraction of sp³-hybridized carbons (Fsp3) is 0.375. The Hall–Kier alpha value is -3.57. The van der Waals surface area contributed by atoms with Gasteiger partial charge in [0.15, 0.2) is 27.8 Å². The lowest BCUT2D eigenvalue weighted by atomic mass is 10.1. The molecule has 3 aliphatic heterocycles. The first-order valence-electron chi connectivity index (χ1n) is 11.6. The molecule has 35 heavy (non-hydrogen) atoms. The molecule has 0 radical (unpaired) electrons. The molecule has 0 atom stereocenters. The van der Waals surface area contributed by atoms with Gasteiger partial charge in [-0.05, 0) is 36.5 Å². The second-order valence-corrected chi connectivity index (χ2v) is 9.27. The Morgan fingerprint density at radius 2 is 1.66 bits per heavy atom. The Morgan fingerprint density at radius 1 is 0.971 bits per heavy atom. The van der Waals surface area contributed by atoms with Gasteiger partial charge in [-0.25, -0.2) is 0 Å². The van der Waals surface area contributed by atoms with Crippen molar-refractivity contribution in [3.8, 4) is 23.0 Å². The number of quaternary nitrogens is 1. The van der Waals surface area contributed by atoms with Crippen LogP contribution >= 0.6 is 12.2 Å². The molecule has 0 unspecified atom stereocenters. The van der Waals surface area contributed by atoms with Gasteiger partial charge in [0.25, 0.3) is 5.56 Å². The molecule has 10 nitrogen and oxygen atoms in total. The highest BCUT2D eigenvalue weighted by Gasteiger charge is 2.25. The summed E-state index contributed by atoms with van der Waals surface area (Å²) in [6.07, 6.45) is 0.213. The number of rotatable bonds is 5. The summed E-state index contributed by atoms with van der Waals surface area (Å²) in [5.74, 6) is 2.72. The van der Waals surface area contributed by atoms with Gasteiger partial charge in [-0.15, -0.1) is 0 Å². The van der Waals surface area contributed by atoms with Crippen molar-refractivity contribution in [2.75, 3.05) is 39.8 Å². The van der Waals surface area contributed by atoms with Crippen LogP contribution in [0.5, 0.6) is 23.0 Å². The van der Waals surface area contributed by atoms with E-state index >= 15 is 0 Å². The van der Waals surface area contributed by atoms with Crippen molar-refractivity contribution < 1.29 is 28.6 Å². The predicted molar refractivity (Wildman–Crippen MR) is 128 cm³/mol. The summed E-state index contributed by atoms with van der Waals surface area (Å²) in [5, 5.41) is 0.455. The van der Waals surface area contributed by atoms with E-state index in [1.165, 1.54) is 15.0 Å². The van der Waals surface area contributed by atoms with E-state index in [4.69, 9.17) is 31.2 Å². The average molecular weight is 498 g/mol. The normalized spacial score (nSPS) is 16.7. The van der Waals surface area contributed by atoms with E-state index in [1.54, 1.807) is 12.1 Å². The first-order chi connectivity index (χ1) is 17.0. The van der Waals surface area contributed by atoms with E-state index in [1.807, 2.05) is 17.0 Å². The highest BCUT2D eigenvalue weighted by atomic mass is 32.1. The second kappa shape index (κ2) is 8.90. The number of benzene rings is 2. The van der Waals surface area contributed by atoms with Gasteiger partial charge in [-0.3, -0.25) is 14.2 Å². The number of amides is 1. The van der Waals surface area contributed by atoms with Gasteiger partial charge < -0.3 is 33.7 Å². The summed E-state index contributed by atoms with van der Waals surface area (Å²) < 4.78 is 23.3. The van der Waals surface area contributed by atoms with Crippen LogP contribution in [0.1, 0.15) is 12.0 Å². The zero-order chi connectivity index (χ0) is 23.9. The summed E-state index contributed by atoms with van der Waals surface area (Å²) in [7, 11) is 0. The molecular weight excluding hydrogens is 472 g/mol. The van der Waals surface area contributed by atoms with Crippen LogP contribution in [0.2, 0.25) is 0 Å². The van der Waals surface area contributed by atoms with E-state index < -0.39 is 0 Å². The maximum absolute atomic E-state index is 13.1. The highest BCUT2D eigenvalue weighted by molar-refractivity contribution is 7.71. The van der Waals surface area contributed by atoms with E-state index in [9.17, 15) is 9.59 Å². The molecule has 1 aromatic heterocycles. The lowest BCUT2D eigenvalue weighted by Crippen LogP contribution is -3.13. The monoisotopic (exact) mass is 497 g/mol. The Balaban J connectivity index is 1.07. The predicted octanol–water partition coefficient (Wildman–Crippen LogP) is 0.834. The number of carbonyl (C=O) groups excluding carboxylic acids is 1. The highest BCUT2D eigenvalue weighted by Crippen LogP contribution is 2.34. The van der Waals surface area contributed by atoms with Gasteiger partial charge >= 0.3 is 0 Å². The zero-order valence-corrected chi connectivity index (χ0v) is 19.8. The van der Waals surface area contributed by atoms with Crippen LogP contribution < -0.4 is 29.4 Å². The molecule has 0 bridgehead atoms. The number of carbonyl (C=O) groups is 1. The van der Waals surface area contributed by atoms with Gasteiger partial charge in [0.2, 0.25) is 19.5 Å². The molecule has 0 saturated carbocycles. The molecule has 1 fully saturated rings. The number of hydrogen-bond donors (Lipinski definition) is 2. The molecule has 6 rings (SSSR count). The number of ether oxygens (including phenoxy) is 4. The number of hydrogen-bond acceptors (Lipinski definition) is 7. The van der Waals surface area contributed by atoms with E-state index in [2.05, 4.69) is 11.1 Å². The molecule has 0 aliphatic carbocycles. The van der Waals surface area contributed by atoms with Crippen molar-refractivity contribution in [3.63, 3.8) is 0 Å². The standard InChI is InChI=1S/C24H24N4O6S/c29-22(27-7-5-26(6-8-27)12-15-1-2-18-19(9-15)32-13-31-18)3-4-28-23(30)16-10-20-21(34-14-33-20)11-17(16)25-24(28)35/h1-2,9-11H,3-8,12-14H2,(H,25,35)/p+1. The number of fused-ring (bicyclic) bond motifs is 3. The van der Waals surface area contributed by atoms with E-state index in [0.29, 0.717) is 35.5 Å². The van der Waals surface area contributed by atoms with Crippen LogP contribution in [0.4, 0.5) is 0 Å². The number of piperazine rings is 1. The maximum atomic E-state index is 13.1. The van der Waals surface area contributed by atoms with Crippen molar-refractivity contribution in [3.05, 3.63) is 51.0 Å². The molecule has 1 amide bonds. The van der Waals surface area contributed by atoms with Crippen LogP contribution in [0.15, 0.2) is 35.1 Å². The Kier molecular flexibility index (Phi) is 5.57. The summed E-state index contributed by atoms with van der Waals surface area (Å²) in [4.78, 5) is 32.3. The molecule has 3 aromatic rings. The Bertz CT molecular complexity index is 1430. The maximum Gasteiger partial charge on any atom is 0.262 e. The first kappa shape index (κ1) is 21.9. The van der Waals surface area contributed by atoms with Crippen LogP contribution in [0, 0.1) is 4.77 Å². The fourth-order valence-electron chi connectivity index (χ4n) is 4.80. The number of aromatic amines is 1. The van der Waals surface area contributed by atoms with Crippen LogP contribution in [-0.4, -0.2) is 60.1 Å². The largest absolute Gasteiger partial charge is 0.454 e. The quantitative estimate of drug-likeness (QED) is 0.504. The molecule has 2 aromatic carbocycles. The fourth-order valence-corrected chi connectivity index (χ4v) is 5.08. The SMILES string of the molecule is O=C(CCn1c(=S)[nH]c2cc3c(cc2c1=O)OCO3)N1CC[NH+](Cc2ccc3c(c2)OCO3)CC1. The molecule has 3 aliphatic rings. The van der Waals surface area contributed by atoms with Gasteiger partial charge in [0.1, 0.15) is 6.54 Å². The number of nitrogens with zero attached hydrogens (tertiary/aromatic N) is 2. The number of nitrogens with one attached hydrogen (secondary N) is 2. The van der Waals surface area contributed by atoms with Crippen molar-refractivity contribution in [1.82, 2.24) is 14.5 Å². The number of aromatic nitrogens is 2. The third-order valence-electron chi connectivity index (χ3n) is 6.74. The molecule has 0 spiro atoms. The molecular formula is C24H25N4O6S+. The van der Waals surface area contributed by atoms with Gasteiger partial charge in [0, 0.05) is 24.6 Å². The van der Waals surface area contributed by atoms with Crippen LogP contribution in [0.3, 0.4) is 0 Å². The summed E-state index contributed by atoms with van der Waals surface area (Å²) in [6.45, 7) is 4.59. The first-order valence-corrected chi connectivity index (χ1v) is 12.0. The summed E-state index contributed by atoms with van der Waals surface area (Å²) >= 11 is 5.40. The van der Waals surface area contributed by atoms with Gasteiger partial charge in [-0.1, -0.05) is 0 Å². The third kappa shape index (κ3) is 4.21. The zero-order valence-electron chi connectivity index (χ0n) is 19.0. The van der Waals surface area contributed by atoms with Crippen molar-refractivity contribution in [2.24, 2.45) is 0 Å². The van der Waals surface area contributed by atoms with Crippen molar-refractivity contribution in [1.29, 1.82) is 0 Å². The molecule has 182 valence electrons. The molecule has 11 heteroatoms. The van der Waals surface area contributed by atoms with Gasteiger partial charge in [-0.2, -0.15) is 0 Å². The molecule has 4 heterocycles. The van der Waals surface area contributed by atoms with Crippen molar-refractivity contribution >= 4 is 29.0 Å². The third-order valence-corrected chi connectivity index (χ3v) is 7.06. The van der Waals surface area contributed by atoms with Crippen molar-refractivity contribution in [2.45, 2.75) is 19.5 Å². The minimum atomic E-state index is -0.243. The second-order valence-electron chi connectivity index (χ2n) is 8.88. The minimum Gasteiger partial charge on any atom is -0.454 e. The Labute approximate surface area is 205 Å². The minimum absolute atomic E-state index is 0.0270. The lowest BCUT2D eigenvalue weighted by Gasteiger charge is -2.32. The van der Waals surface area contributed by atoms with E-state index in [-0.39, 0.29) is 42.8 Å².